The molecule has 21 nitrogen and oxygen atoms in total. The van der Waals surface area contributed by atoms with Crippen LogP contribution in [0.15, 0.2) is 95.5 Å². The molecule has 9 rings (SSSR count). The lowest BCUT2D eigenvalue weighted by Gasteiger charge is -2.43. The maximum Gasteiger partial charge on any atom is 0.333 e. The van der Waals surface area contributed by atoms with Gasteiger partial charge in [0.2, 0.25) is 5.88 Å². The highest BCUT2D eigenvalue weighted by Crippen LogP contribution is 2.41. The zero-order valence-electron chi connectivity index (χ0n) is 40.0. The Morgan fingerprint density at radius 3 is 2.15 bits per heavy atom. The third-order valence-corrected chi connectivity index (χ3v) is 15.4. The van der Waals surface area contributed by atoms with Crippen molar-refractivity contribution in [2.24, 2.45) is 5.92 Å². The molecule has 0 radical (unpaired) electrons. The van der Waals surface area contributed by atoms with Crippen LogP contribution in [0.1, 0.15) is 55.1 Å². The van der Waals surface area contributed by atoms with Gasteiger partial charge in [0, 0.05) is 61.6 Å². The maximum atomic E-state index is 13.6. The van der Waals surface area contributed by atoms with Gasteiger partial charge < -0.3 is 25.2 Å². The molecule has 4 aromatic heterocycles. The SMILES string of the molecule is COc1cc(-c2ccc3c(c2NC(=O)NS(=O)(=O)c2ccn(C(C)(C)CN4CC(OCC5Cc6ccc(-c7ccnc(C#N)c7)c(NC(=O)NS(=O)(=O)c7ccn(C[C@@H](C)O)n7)c6C5)C4)n2)CCC3)ccn1. The third kappa shape index (κ3) is 10.8. The Bertz CT molecular complexity index is 3320. The summed E-state index contributed by atoms with van der Waals surface area (Å²) in [6, 6.07) is 17.3. The molecule has 72 heavy (non-hydrogen) atoms. The van der Waals surface area contributed by atoms with Crippen molar-refractivity contribution >= 4 is 43.5 Å². The molecule has 3 aliphatic rings. The van der Waals surface area contributed by atoms with Crippen molar-refractivity contribution in [3.63, 3.8) is 0 Å². The third-order valence-electron chi connectivity index (χ3n) is 13.0. The summed E-state index contributed by atoms with van der Waals surface area (Å²) in [6.07, 6.45) is 8.91. The van der Waals surface area contributed by atoms with Crippen LogP contribution in [0.2, 0.25) is 0 Å². The van der Waals surface area contributed by atoms with Gasteiger partial charge in [-0.2, -0.15) is 32.3 Å². The molecular formula is C49H54N12O9S2. The highest BCUT2D eigenvalue weighted by atomic mass is 32.2. The van der Waals surface area contributed by atoms with E-state index in [1.165, 1.54) is 36.3 Å². The van der Waals surface area contributed by atoms with Crippen molar-refractivity contribution in [1.82, 2.24) is 43.9 Å². The van der Waals surface area contributed by atoms with Crippen molar-refractivity contribution in [3.05, 3.63) is 113 Å². The van der Waals surface area contributed by atoms with Crippen LogP contribution in [0.25, 0.3) is 22.3 Å². The Kier molecular flexibility index (Phi) is 13.9. The van der Waals surface area contributed by atoms with Crippen molar-refractivity contribution in [2.75, 3.05) is 44.0 Å². The largest absolute Gasteiger partial charge is 0.481 e. The number of aliphatic hydroxyl groups excluding tert-OH is 1. The molecule has 0 spiro atoms. The van der Waals surface area contributed by atoms with E-state index >= 15 is 0 Å². The highest BCUT2D eigenvalue weighted by Gasteiger charge is 2.36. The molecule has 23 heteroatoms. The molecule has 376 valence electrons. The average molecular weight is 1020 g/mol. The first-order valence-corrected chi connectivity index (χ1v) is 26.3. The van der Waals surface area contributed by atoms with Gasteiger partial charge in [-0.05, 0) is 123 Å². The summed E-state index contributed by atoms with van der Waals surface area (Å²) in [5.41, 5.74) is 6.94. The van der Waals surface area contributed by atoms with E-state index in [-0.39, 0.29) is 34.3 Å². The summed E-state index contributed by atoms with van der Waals surface area (Å²) in [5, 5.41) is 32.6. The van der Waals surface area contributed by atoms with Crippen molar-refractivity contribution < 1.29 is 41.0 Å². The monoisotopic (exact) mass is 1020 g/mol. The van der Waals surface area contributed by atoms with E-state index in [2.05, 4.69) is 40.4 Å². The molecule has 1 fully saturated rings. The van der Waals surface area contributed by atoms with Gasteiger partial charge in [0.05, 0.1) is 49.4 Å². The number of carbonyl (C=O) groups excluding carboxylic acids is 2. The van der Waals surface area contributed by atoms with Crippen LogP contribution in [-0.4, -0.2) is 114 Å². The van der Waals surface area contributed by atoms with E-state index in [4.69, 9.17) is 9.47 Å². The Morgan fingerprint density at radius 1 is 0.833 bits per heavy atom. The lowest BCUT2D eigenvalue weighted by atomic mass is 9.97. The number of amides is 4. The van der Waals surface area contributed by atoms with E-state index in [0.29, 0.717) is 73.0 Å². The molecule has 0 saturated carbocycles. The van der Waals surface area contributed by atoms with Crippen LogP contribution in [0.4, 0.5) is 21.0 Å². The van der Waals surface area contributed by atoms with Crippen LogP contribution in [0, 0.1) is 17.2 Å². The summed E-state index contributed by atoms with van der Waals surface area (Å²) in [5.74, 6) is 0.446. The molecule has 1 aliphatic heterocycles. The fourth-order valence-corrected chi connectivity index (χ4v) is 11.3. The first-order valence-electron chi connectivity index (χ1n) is 23.3. The summed E-state index contributed by atoms with van der Waals surface area (Å²) < 4.78 is 72.3. The van der Waals surface area contributed by atoms with Gasteiger partial charge in [0.1, 0.15) is 11.8 Å². The van der Waals surface area contributed by atoms with E-state index in [0.717, 1.165) is 47.1 Å². The number of anilines is 2. The van der Waals surface area contributed by atoms with Crippen LogP contribution >= 0.6 is 0 Å². The molecule has 0 bridgehead atoms. The minimum Gasteiger partial charge on any atom is -0.481 e. The molecule has 1 unspecified atom stereocenters. The van der Waals surface area contributed by atoms with Gasteiger partial charge in [-0.25, -0.2) is 29.0 Å². The predicted octanol–water partition coefficient (Wildman–Crippen LogP) is 4.83. The summed E-state index contributed by atoms with van der Waals surface area (Å²) in [7, 11) is -7.23. The number of fused-ring (bicyclic) bond motifs is 2. The molecule has 2 aliphatic carbocycles. The fraction of sp³-hybridized carbons (Fsp3) is 0.367. The number of carbonyl (C=O) groups is 2. The number of nitriles is 1. The van der Waals surface area contributed by atoms with Crippen LogP contribution < -0.4 is 24.8 Å². The Labute approximate surface area is 416 Å². The van der Waals surface area contributed by atoms with E-state index in [1.807, 2.05) is 48.9 Å². The lowest BCUT2D eigenvalue weighted by molar-refractivity contribution is -0.0743. The number of urea groups is 2. The Balaban J connectivity index is 0.801. The number of benzene rings is 2. The Hall–Kier alpha value is -7.23. The maximum absolute atomic E-state index is 13.6. The number of likely N-dealkylation sites (tertiary alicyclic amines) is 1. The number of nitrogens with one attached hydrogen (secondary N) is 4. The summed E-state index contributed by atoms with van der Waals surface area (Å²) in [4.78, 5) is 37.3. The standard InChI is InChI=1S/C49H54N12O9S2/c1-30(62)25-60-18-14-43(55-60)71(65,66)57-48(64)54-46-39(34-12-16-51-36(22-34)24-50)11-9-33-20-31(21-41(33)46)28-70-37-26-59(27-37)29-49(2,3)61-19-15-44(56-61)72(67,68)58-47(63)53-45-38-7-5-6-32(38)8-10-40(45)35-13-17-52-42(23-35)69-4/h8-19,22-23,30-31,37,62H,5-7,20-21,25-29H2,1-4H3,(H2,53,58,63)(H2,54,57,64)/t30-,31?/m1/s1. The van der Waals surface area contributed by atoms with Gasteiger partial charge in [-0.1, -0.05) is 24.3 Å². The number of nitrogens with zero attached hydrogens (tertiary/aromatic N) is 8. The molecule has 5 N–H and O–H groups in total. The van der Waals surface area contributed by atoms with E-state index in [1.54, 1.807) is 48.3 Å². The number of sulfonamides is 2. The van der Waals surface area contributed by atoms with Gasteiger partial charge >= 0.3 is 12.1 Å². The molecule has 5 heterocycles. The molecular weight excluding hydrogens is 965 g/mol. The number of pyridine rings is 2. The normalized spacial score (nSPS) is 16.2. The minimum atomic E-state index is -4.38. The van der Waals surface area contributed by atoms with E-state index < -0.39 is 43.8 Å². The number of hydrogen-bond acceptors (Lipinski definition) is 15. The quantitative estimate of drug-likeness (QED) is 0.0819. The minimum absolute atomic E-state index is 0.0410. The second-order valence-electron chi connectivity index (χ2n) is 18.9. The van der Waals surface area contributed by atoms with Gasteiger partial charge in [0.15, 0.2) is 10.1 Å². The number of ether oxygens (including phenoxy) is 2. The lowest BCUT2D eigenvalue weighted by Crippen LogP contribution is -2.56. The van der Waals surface area contributed by atoms with Gasteiger partial charge in [-0.3, -0.25) is 14.3 Å². The average Bonchev–Trinajstić information content (AvgIpc) is 4.17. The van der Waals surface area contributed by atoms with Gasteiger partial charge in [0.25, 0.3) is 20.0 Å². The number of aryl methyl sites for hydroxylation is 1. The number of aliphatic hydroxyl groups is 1. The number of hydrogen-bond donors (Lipinski definition) is 5. The smallest absolute Gasteiger partial charge is 0.333 e. The number of rotatable bonds is 17. The molecule has 1 saturated heterocycles. The Morgan fingerprint density at radius 2 is 1.47 bits per heavy atom. The zero-order chi connectivity index (χ0) is 51.0. The number of methoxy groups -OCH3 is 1. The summed E-state index contributed by atoms with van der Waals surface area (Å²) >= 11 is 0. The molecule has 2 atom stereocenters. The predicted molar refractivity (Wildman–Crippen MR) is 264 cm³/mol. The summed E-state index contributed by atoms with van der Waals surface area (Å²) in [6.45, 7) is 7.70. The molecule has 4 amide bonds. The number of aromatic nitrogens is 6. The van der Waals surface area contributed by atoms with Crippen molar-refractivity contribution in [2.45, 2.75) is 87.2 Å². The zero-order valence-corrected chi connectivity index (χ0v) is 41.6. The molecule has 6 aromatic rings. The second-order valence-corrected chi connectivity index (χ2v) is 22.2. The van der Waals surface area contributed by atoms with Crippen LogP contribution in [0.5, 0.6) is 5.88 Å². The molecule has 2 aromatic carbocycles. The van der Waals surface area contributed by atoms with E-state index in [9.17, 15) is 36.8 Å². The van der Waals surface area contributed by atoms with Crippen molar-refractivity contribution in [1.29, 1.82) is 5.26 Å². The van der Waals surface area contributed by atoms with Crippen LogP contribution in [-0.2, 0) is 62.6 Å². The fourth-order valence-electron chi connectivity index (χ4n) is 9.61. The van der Waals surface area contributed by atoms with Gasteiger partial charge in [-0.15, -0.1) is 0 Å². The first kappa shape index (κ1) is 49.7. The first-order chi connectivity index (χ1) is 34.4. The van der Waals surface area contributed by atoms with Crippen molar-refractivity contribution in [3.8, 4) is 34.2 Å². The topological polar surface area (TPSA) is 278 Å². The van der Waals surface area contributed by atoms with Crippen LogP contribution in [0.3, 0.4) is 0 Å². The highest BCUT2D eigenvalue weighted by molar-refractivity contribution is 7.90. The second kappa shape index (κ2) is 20.1.